The average molecular weight is 487 g/mol. The zero-order valence-electron chi connectivity index (χ0n) is 19.5. The third-order valence-corrected chi connectivity index (χ3v) is 7.96. The van der Waals surface area contributed by atoms with E-state index in [-0.39, 0.29) is 10.8 Å². The summed E-state index contributed by atoms with van der Waals surface area (Å²) in [5.74, 6) is 1.26. The molecule has 0 bridgehead atoms. The highest BCUT2D eigenvalue weighted by Crippen LogP contribution is 2.40. The van der Waals surface area contributed by atoms with Crippen molar-refractivity contribution in [1.82, 2.24) is 4.31 Å². The maximum atomic E-state index is 13.3. The summed E-state index contributed by atoms with van der Waals surface area (Å²) in [5.41, 5.74) is 1.79. The number of nitrogens with zero attached hydrogens (tertiary/aromatic N) is 1. The molecular weight excluding hydrogens is 456 g/mol. The molecule has 0 radical (unpaired) electrons. The molecule has 9 heteroatoms. The molecule has 0 saturated carbocycles. The van der Waals surface area contributed by atoms with Crippen molar-refractivity contribution in [1.29, 1.82) is 0 Å². The van der Waals surface area contributed by atoms with Gasteiger partial charge in [0.05, 0.1) is 12.0 Å². The minimum Gasteiger partial charge on any atom is -0.493 e. The highest BCUT2D eigenvalue weighted by molar-refractivity contribution is 7.89. The summed E-state index contributed by atoms with van der Waals surface area (Å²) >= 11 is 0. The van der Waals surface area contributed by atoms with Crippen molar-refractivity contribution in [2.45, 2.75) is 37.5 Å². The first kappa shape index (κ1) is 24.1. The molecule has 1 amide bonds. The number of hydrogen-bond acceptors (Lipinski definition) is 6. The highest BCUT2D eigenvalue weighted by atomic mass is 32.2. The summed E-state index contributed by atoms with van der Waals surface area (Å²) in [7, 11) is -2.08. The third kappa shape index (κ3) is 5.37. The molecule has 1 fully saturated rings. The van der Waals surface area contributed by atoms with Crippen LogP contribution in [0.1, 0.15) is 36.8 Å². The molecule has 2 aromatic carbocycles. The van der Waals surface area contributed by atoms with E-state index in [1.807, 2.05) is 0 Å². The van der Waals surface area contributed by atoms with Gasteiger partial charge in [0.1, 0.15) is 13.2 Å². The number of ether oxygens (including phenoxy) is 3. The van der Waals surface area contributed by atoms with Gasteiger partial charge in [-0.2, -0.15) is 4.31 Å². The maximum Gasteiger partial charge on any atom is 0.248 e. The number of carbonyl (C=O) groups excluding carboxylic acids is 1. The number of fused-ring (bicyclic) bond motifs is 1. The van der Waals surface area contributed by atoms with Crippen LogP contribution in [0.15, 0.2) is 41.3 Å². The minimum absolute atomic E-state index is 0.229. The number of carbonyl (C=O) groups is 1. The lowest BCUT2D eigenvalue weighted by molar-refractivity contribution is -0.111. The van der Waals surface area contributed by atoms with Crippen molar-refractivity contribution >= 4 is 27.7 Å². The van der Waals surface area contributed by atoms with Crippen LogP contribution in [0.3, 0.4) is 0 Å². The Morgan fingerprint density at radius 2 is 1.79 bits per heavy atom. The molecule has 0 atom stereocenters. The fourth-order valence-electron chi connectivity index (χ4n) is 4.12. The Bertz CT molecular complexity index is 1170. The van der Waals surface area contributed by atoms with E-state index in [1.165, 1.54) is 12.1 Å². The predicted molar refractivity (Wildman–Crippen MR) is 130 cm³/mol. The molecule has 0 unspecified atom stereocenters. The van der Waals surface area contributed by atoms with E-state index in [9.17, 15) is 13.2 Å². The molecule has 0 spiro atoms. The molecule has 34 heavy (non-hydrogen) atoms. The quantitative estimate of drug-likeness (QED) is 0.621. The van der Waals surface area contributed by atoms with Crippen molar-refractivity contribution in [2.24, 2.45) is 0 Å². The van der Waals surface area contributed by atoms with Gasteiger partial charge in [-0.3, -0.25) is 4.79 Å². The number of sulfonamides is 1. The number of benzene rings is 2. The van der Waals surface area contributed by atoms with E-state index in [1.54, 1.807) is 48.7 Å². The third-order valence-electron chi connectivity index (χ3n) is 5.92. The number of aryl methyl sites for hydroxylation is 1. The topological polar surface area (TPSA) is 94.2 Å². The SMILES string of the molecule is COc1cc(C=CC(=O)Nc2ccc(C)c(S(=O)(=O)N3CCCCCC3)c2)cc2c1OCCO2. The lowest BCUT2D eigenvalue weighted by atomic mass is 10.1. The van der Waals surface area contributed by atoms with Crippen LogP contribution in [0.2, 0.25) is 0 Å². The van der Waals surface area contributed by atoms with Crippen molar-refractivity contribution in [2.75, 3.05) is 38.7 Å². The Morgan fingerprint density at radius 1 is 1.06 bits per heavy atom. The molecule has 0 aromatic heterocycles. The predicted octanol–water partition coefficient (Wildman–Crippen LogP) is 3.99. The smallest absolute Gasteiger partial charge is 0.248 e. The molecule has 2 aromatic rings. The zero-order valence-corrected chi connectivity index (χ0v) is 20.3. The normalized spacial score (nSPS) is 16.8. The standard InChI is InChI=1S/C25H30N2O6S/c1-18-7-9-20(17-23(18)34(29,30)27-11-5-3-4-6-12-27)26-24(28)10-8-19-15-21(31-2)25-22(16-19)32-13-14-33-25/h7-10,15-17H,3-6,11-14H2,1-2H3,(H,26,28). The Morgan fingerprint density at radius 3 is 2.53 bits per heavy atom. The molecule has 2 aliphatic rings. The monoisotopic (exact) mass is 486 g/mol. The molecule has 4 rings (SSSR count). The lowest BCUT2D eigenvalue weighted by Gasteiger charge is -2.21. The van der Waals surface area contributed by atoms with Crippen LogP contribution in [-0.4, -0.2) is 52.0 Å². The van der Waals surface area contributed by atoms with E-state index < -0.39 is 10.0 Å². The van der Waals surface area contributed by atoms with Gasteiger partial charge in [-0.15, -0.1) is 0 Å². The lowest BCUT2D eigenvalue weighted by Crippen LogP contribution is -2.32. The van der Waals surface area contributed by atoms with Crippen LogP contribution < -0.4 is 19.5 Å². The summed E-state index contributed by atoms with van der Waals surface area (Å²) in [4.78, 5) is 12.8. The molecular formula is C25H30N2O6S. The second-order valence-corrected chi connectivity index (χ2v) is 10.3. The highest BCUT2D eigenvalue weighted by Gasteiger charge is 2.27. The average Bonchev–Trinajstić information content (AvgIpc) is 3.13. The van der Waals surface area contributed by atoms with Gasteiger partial charge < -0.3 is 19.5 Å². The molecule has 2 aliphatic heterocycles. The maximum absolute atomic E-state index is 13.3. The summed E-state index contributed by atoms with van der Waals surface area (Å²) in [6.45, 7) is 3.72. The first-order valence-corrected chi connectivity index (χ1v) is 12.9. The van der Waals surface area contributed by atoms with Crippen LogP contribution in [0.25, 0.3) is 6.08 Å². The van der Waals surface area contributed by atoms with E-state index >= 15 is 0 Å². The zero-order chi connectivity index (χ0) is 24.1. The molecule has 2 heterocycles. The van der Waals surface area contributed by atoms with Crippen molar-refractivity contribution in [3.63, 3.8) is 0 Å². The van der Waals surface area contributed by atoms with E-state index in [2.05, 4.69) is 5.32 Å². The minimum atomic E-state index is -3.62. The Hall–Kier alpha value is -3.04. The van der Waals surface area contributed by atoms with Gasteiger partial charge >= 0.3 is 0 Å². The van der Waals surface area contributed by atoms with Crippen LogP contribution in [-0.2, 0) is 14.8 Å². The van der Waals surface area contributed by atoms with Crippen LogP contribution in [0, 0.1) is 6.92 Å². The van der Waals surface area contributed by atoms with Gasteiger partial charge in [0.2, 0.25) is 21.7 Å². The van der Waals surface area contributed by atoms with Crippen LogP contribution in [0.5, 0.6) is 17.2 Å². The molecule has 0 aliphatic carbocycles. The Labute approximate surface area is 200 Å². The molecule has 1 saturated heterocycles. The number of amides is 1. The molecule has 8 nitrogen and oxygen atoms in total. The Balaban J connectivity index is 1.50. The summed E-state index contributed by atoms with van der Waals surface area (Å²) in [5, 5.41) is 2.76. The number of anilines is 1. The summed E-state index contributed by atoms with van der Waals surface area (Å²) in [6, 6.07) is 8.49. The van der Waals surface area contributed by atoms with E-state index in [0.717, 1.165) is 25.7 Å². The number of methoxy groups -OCH3 is 1. The van der Waals surface area contributed by atoms with Gasteiger partial charge in [-0.25, -0.2) is 8.42 Å². The van der Waals surface area contributed by atoms with Gasteiger partial charge in [0.15, 0.2) is 11.5 Å². The number of hydrogen-bond donors (Lipinski definition) is 1. The fourth-order valence-corrected chi connectivity index (χ4v) is 5.89. The van der Waals surface area contributed by atoms with Crippen molar-refractivity contribution in [3.05, 3.63) is 47.5 Å². The number of rotatable bonds is 6. The number of nitrogens with one attached hydrogen (secondary N) is 1. The van der Waals surface area contributed by atoms with Crippen LogP contribution >= 0.6 is 0 Å². The molecule has 182 valence electrons. The van der Waals surface area contributed by atoms with Crippen LogP contribution in [0.4, 0.5) is 5.69 Å². The summed E-state index contributed by atoms with van der Waals surface area (Å²) < 4.78 is 44.7. The van der Waals surface area contributed by atoms with Gasteiger partial charge in [-0.05, 0) is 61.2 Å². The van der Waals surface area contributed by atoms with Crippen molar-refractivity contribution in [3.8, 4) is 17.2 Å². The second-order valence-electron chi connectivity index (χ2n) is 8.37. The van der Waals surface area contributed by atoms with E-state index in [0.29, 0.717) is 60.4 Å². The van der Waals surface area contributed by atoms with Gasteiger partial charge in [0, 0.05) is 24.9 Å². The Kier molecular flexibility index (Phi) is 7.43. The van der Waals surface area contributed by atoms with E-state index in [4.69, 9.17) is 14.2 Å². The largest absolute Gasteiger partial charge is 0.493 e. The first-order valence-electron chi connectivity index (χ1n) is 11.5. The second kappa shape index (κ2) is 10.5. The fraction of sp³-hybridized carbons (Fsp3) is 0.400. The van der Waals surface area contributed by atoms with Gasteiger partial charge in [0.25, 0.3) is 0 Å². The van der Waals surface area contributed by atoms with Gasteiger partial charge in [-0.1, -0.05) is 18.9 Å². The first-order chi connectivity index (χ1) is 16.4. The molecule has 1 N–H and O–H groups in total. The van der Waals surface area contributed by atoms with Crippen molar-refractivity contribution < 1.29 is 27.4 Å². The summed E-state index contributed by atoms with van der Waals surface area (Å²) in [6.07, 6.45) is 6.84.